The quantitative estimate of drug-likeness (QED) is 0.850. The summed E-state index contributed by atoms with van der Waals surface area (Å²) in [5, 5.41) is 2.78. The first kappa shape index (κ1) is 14.0. The highest BCUT2D eigenvalue weighted by Gasteiger charge is 2.15. The number of imidazole rings is 1. The van der Waals surface area contributed by atoms with Gasteiger partial charge in [0, 0.05) is 12.4 Å². The van der Waals surface area contributed by atoms with E-state index in [1.54, 1.807) is 24.5 Å². The minimum atomic E-state index is -0.488. The summed E-state index contributed by atoms with van der Waals surface area (Å²) in [7, 11) is 0. The molecule has 2 rings (SSSR count). The lowest BCUT2D eigenvalue weighted by Crippen LogP contribution is -2.33. The molecule has 0 aliphatic heterocycles. The Morgan fingerprint density at radius 1 is 1.50 bits per heavy atom. The van der Waals surface area contributed by atoms with Crippen LogP contribution in [-0.4, -0.2) is 22.5 Å². The summed E-state index contributed by atoms with van der Waals surface area (Å²) in [6.45, 7) is 1.70. The number of hydrogen-bond donors (Lipinski definition) is 2. The predicted octanol–water partition coefficient (Wildman–Crippen LogP) is 2.20. The molecule has 1 aromatic carbocycles. The number of hydrogen-bond acceptors (Lipinski definition) is 3. The standard InChI is InChI=1S/C14H16FN3O2/c1-2-11(14-16-7-8-17-14)18-13(19)9-20-12-6-4-3-5-10(12)15/h3-8,11H,2,9H2,1H3,(H,16,17)(H,18,19). The number of H-pyrrole nitrogens is 1. The van der Waals surface area contributed by atoms with Crippen molar-refractivity contribution in [2.24, 2.45) is 0 Å². The van der Waals surface area contributed by atoms with Crippen LogP contribution in [0.2, 0.25) is 0 Å². The number of nitrogens with zero attached hydrogens (tertiary/aromatic N) is 1. The van der Waals surface area contributed by atoms with Crippen molar-refractivity contribution in [3.8, 4) is 5.75 Å². The zero-order chi connectivity index (χ0) is 14.4. The minimum Gasteiger partial charge on any atom is -0.481 e. The first-order valence-corrected chi connectivity index (χ1v) is 6.36. The second-order valence-corrected chi connectivity index (χ2v) is 4.22. The number of amides is 1. The van der Waals surface area contributed by atoms with Crippen molar-refractivity contribution in [3.63, 3.8) is 0 Å². The molecule has 2 aromatic rings. The van der Waals surface area contributed by atoms with E-state index < -0.39 is 5.82 Å². The third-order valence-corrected chi connectivity index (χ3v) is 2.79. The molecule has 0 saturated heterocycles. The molecule has 0 fully saturated rings. The molecule has 0 saturated carbocycles. The second kappa shape index (κ2) is 6.70. The Labute approximate surface area is 116 Å². The number of benzene rings is 1. The molecule has 0 bridgehead atoms. The van der Waals surface area contributed by atoms with E-state index in [1.807, 2.05) is 6.92 Å². The molecule has 1 heterocycles. The monoisotopic (exact) mass is 277 g/mol. The Hall–Kier alpha value is -2.37. The van der Waals surface area contributed by atoms with Crippen molar-refractivity contribution in [2.75, 3.05) is 6.61 Å². The number of nitrogens with one attached hydrogen (secondary N) is 2. The van der Waals surface area contributed by atoms with Crippen LogP contribution in [0.5, 0.6) is 5.75 Å². The van der Waals surface area contributed by atoms with E-state index in [2.05, 4.69) is 15.3 Å². The third-order valence-electron chi connectivity index (χ3n) is 2.79. The maximum absolute atomic E-state index is 13.3. The van der Waals surface area contributed by atoms with E-state index in [-0.39, 0.29) is 24.3 Å². The van der Waals surface area contributed by atoms with Gasteiger partial charge in [0.05, 0.1) is 6.04 Å². The number of ether oxygens (including phenoxy) is 1. The lowest BCUT2D eigenvalue weighted by Gasteiger charge is -2.15. The van der Waals surface area contributed by atoms with Crippen LogP contribution in [0.4, 0.5) is 4.39 Å². The summed E-state index contributed by atoms with van der Waals surface area (Å²) in [5.41, 5.74) is 0. The zero-order valence-electron chi connectivity index (χ0n) is 11.1. The van der Waals surface area contributed by atoms with Crippen LogP contribution < -0.4 is 10.1 Å². The average molecular weight is 277 g/mol. The molecular formula is C14H16FN3O2. The van der Waals surface area contributed by atoms with E-state index >= 15 is 0 Å². The summed E-state index contributed by atoms with van der Waals surface area (Å²) in [6, 6.07) is 5.76. The largest absolute Gasteiger partial charge is 0.481 e. The summed E-state index contributed by atoms with van der Waals surface area (Å²) in [6.07, 6.45) is 4.01. The molecule has 1 amide bonds. The highest BCUT2D eigenvalue weighted by atomic mass is 19.1. The molecule has 106 valence electrons. The van der Waals surface area contributed by atoms with Crippen LogP contribution in [-0.2, 0) is 4.79 Å². The fourth-order valence-corrected chi connectivity index (χ4v) is 1.77. The molecule has 1 unspecified atom stereocenters. The summed E-state index contributed by atoms with van der Waals surface area (Å²) >= 11 is 0. The van der Waals surface area contributed by atoms with Gasteiger partial charge in [-0.2, -0.15) is 0 Å². The van der Waals surface area contributed by atoms with E-state index in [0.29, 0.717) is 12.2 Å². The summed E-state index contributed by atoms with van der Waals surface area (Å²) in [5.74, 6) is -0.0599. The van der Waals surface area contributed by atoms with Gasteiger partial charge in [0.2, 0.25) is 0 Å². The number of rotatable bonds is 6. The molecule has 20 heavy (non-hydrogen) atoms. The summed E-state index contributed by atoms with van der Waals surface area (Å²) in [4.78, 5) is 18.8. The number of aromatic nitrogens is 2. The van der Waals surface area contributed by atoms with Gasteiger partial charge in [0.1, 0.15) is 5.82 Å². The molecule has 0 aliphatic carbocycles. The molecule has 2 N–H and O–H groups in total. The number of carbonyl (C=O) groups is 1. The Balaban J connectivity index is 1.88. The van der Waals surface area contributed by atoms with Gasteiger partial charge in [0.25, 0.3) is 5.91 Å². The molecule has 0 aliphatic rings. The average Bonchev–Trinajstić information content (AvgIpc) is 2.98. The fourth-order valence-electron chi connectivity index (χ4n) is 1.77. The van der Waals surface area contributed by atoms with E-state index in [1.165, 1.54) is 12.1 Å². The van der Waals surface area contributed by atoms with E-state index in [0.717, 1.165) is 0 Å². The van der Waals surface area contributed by atoms with Crippen LogP contribution in [0.15, 0.2) is 36.7 Å². The topological polar surface area (TPSA) is 67.0 Å². The first-order valence-electron chi connectivity index (χ1n) is 6.36. The Bertz CT molecular complexity index is 557. The van der Waals surface area contributed by atoms with Crippen molar-refractivity contribution in [2.45, 2.75) is 19.4 Å². The lowest BCUT2D eigenvalue weighted by molar-refractivity contribution is -0.124. The molecule has 1 atom stereocenters. The number of carbonyl (C=O) groups excluding carboxylic acids is 1. The maximum Gasteiger partial charge on any atom is 0.258 e. The molecule has 6 heteroatoms. The fraction of sp³-hybridized carbons (Fsp3) is 0.286. The van der Waals surface area contributed by atoms with Crippen molar-refractivity contribution >= 4 is 5.91 Å². The Morgan fingerprint density at radius 2 is 2.30 bits per heavy atom. The molecule has 0 radical (unpaired) electrons. The smallest absolute Gasteiger partial charge is 0.258 e. The van der Waals surface area contributed by atoms with Gasteiger partial charge in [-0.25, -0.2) is 9.37 Å². The minimum absolute atomic E-state index is 0.0636. The predicted molar refractivity (Wildman–Crippen MR) is 71.7 cm³/mol. The van der Waals surface area contributed by atoms with Crippen LogP contribution in [0.1, 0.15) is 25.2 Å². The van der Waals surface area contributed by atoms with Gasteiger partial charge >= 0.3 is 0 Å². The molecule has 5 nitrogen and oxygen atoms in total. The van der Waals surface area contributed by atoms with Gasteiger partial charge in [-0.15, -0.1) is 0 Å². The molecular weight excluding hydrogens is 261 g/mol. The van der Waals surface area contributed by atoms with Crippen molar-refractivity contribution < 1.29 is 13.9 Å². The van der Waals surface area contributed by atoms with E-state index in [9.17, 15) is 9.18 Å². The van der Waals surface area contributed by atoms with Crippen LogP contribution in [0.3, 0.4) is 0 Å². The van der Waals surface area contributed by atoms with Gasteiger partial charge < -0.3 is 15.0 Å². The number of aromatic amines is 1. The van der Waals surface area contributed by atoms with Crippen molar-refractivity contribution in [1.82, 2.24) is 15.3 Å². The Morgan fingerprint density at radius 3 is 2.95 bits per heavy atom. The third kappa shape index (κ3) is 3.57. The van der Waals surface area contributed by atoms with Crippen molar-refractivity contribution in [1.29, 1.82) is 0 Å². The van der Waals surface area contributed by atoms with Gasteiger partial charge in [0.15, 0.2) is 18.2 Å². The Kier molecular flexibility index (Phi) is 4.70. The lowest BCUT2D eigenvalue weighted by atomic mass is 10.2. The number of halogens is 1. The highest BCUT2D eigenvalue weighted by molar-refractivity contribution is 5.77. The zero-order valence-corrected chi connectivity index (χ0v) is 11.1. The van der Waals surface area contributed by atoms with E-state index in [4.69, 9.17) is 4.74 Å². The summed E-state index contributed by atoms with van der Waals surface area (Å²) < 4.78 is 18.5. The SMILES string of the molecule is CCC(NC(=O)COc1ccccc1F)c1ncc[nH]1. The second-order valence-electron chi connectivity index (χ2n) is 4.22. The molecule has 1 aromatic heterocycles. The van der Waals surface area contributed by atoms with Crippen LogP contribution >= 0.6 is 0 Å². The molecule has 0 spiro atoms. The number of para-hydroxylation sites is 1. The first-order chi connectivity index (χ1) is 9.70. The highest BCUT2D eigenvalue weighted by Crippen LogP contribution is 2.15. The maximum atomic E-state index is 13.3. The van der Waals surface area contributed by atoms with Gasteiger partial charge in [-0.3, -0.25) is 4.79 Å². The normalized spacial score (nSPS) is 11.9. The van der Waals surface area contributed by atoms with Crippen LogP contribution in [0.25, 0.3) is 0 Å². The van der Waals surface area contributed by atoms with Crippen LogP contribution in [0, 0.1) is 5.82 Å². The van der Waals surface area contributed by atoms with Gasteiger partial charge in [-0.1, -0.05) is 19.1 Å². The van der Waals surface area contributed by atoms with Crippen molar-refractivity contribution in [3.05, 3.63) is 48.3 Å². The van der Waals surface area contributed by atoms with Gasteiger partial charge in [-0.05, 0) is 18.6 Å².